The lowest BCUT2D eigenvalue weighted by Gasteiger charge is -2.21. The number of nitrogens with zero attached hydrogens (tertiary/aromatic N) is 3. The lowest BCUT2D eigenvalue weighted by Crippen LogP contribution is -2.39. The number of anilines is 1. The van der Waals surface area contributed by atoms with Crippen LogP contribution in [0.5, 0.6) is 0 Å². The van der Waals surface area contributed by atoms with E-state index in [9.17, 15) is 4.79 Å². The molecule has 0 unspecified atom stereocenters. The van der Waals surface area contributed by atoms with E-state index in [1.54, 1.807) is 19.2 Å². The Morgan fingerprint density at radius 1 is 1.50 bits per heavy atom. The van der Waals surface area contributed by atoms with Crippen LogP contribution in [0.25, 0.3) is 0 Å². The molecule has 108 valence electrons. The van der Waals surface area contributed by atoms with Gasteiger partial charge in [0.2, 0.25) is 5.91 Å². The number of carbonyl (C=O) groups is 1. The lowest BCUT2D eigenvalue weighted by molar-refractivity contribution is -0.115. The van der Waals surface area contributed by atoms with E-state index in [0.717, 1.165) is 0 Å². The zero-order chi connectivity index (χ0) is 14.5. The molecular weight excluding hydrogens is 258 g/mol. The molecule has 2 aromatic rings. The summed E-state index contributed by atoms with van der Waals surface area (Å²) in [6, 6.07) is 3.82. The van der Waals surface area contributed by atoms with Crippen LogP contribution in [0, 0.1) is 6.92 Å². The Kier molecular flexibility index (Phi) is 4.52. The summed E-state index contributed by atoms with van der Waals surface area (Å²) in [7, 11) is 0. The third kappa shape index (κ3) is 3.67. The van der Waals surface area contributed by atoms with Crippen molar-refractivity contribution in [3.05, 3.63) is 30.3 Å². The van der Waals surface area contributed by atoms with E-state index >= 15 is 0 Å². The van der Waals surface area contributed by atoms with Gasteiger partial charge in [0.1, 0.15) is 5.76 Å². The molecule has 2 aromatic heterocycles. The van der Waals surface area contributed by atoms with Gasteiger partial charge < -0.3 is 15.2 Å². The number of aromatic nitrogens is 3. The van der Waals surface area contributed by atoms with Crippen molar-refractivity contribution in [3.63, 3.8) is 0 Å². The SMILES string of the molecule is Cc1cc(NC(=O)CN[C@@H](C)[C@H](C)n2cccn2)no1. The molecule has 0 aliphatic carbocycles. The molecule has 0 saturated carbocycles. The van der Waals surface area contributed by atoms with Crippen molar-refractivity contribution >= 4 is 11.7 Å². The summed E-state index contributed by atoms with van der Waals surface area (Å²) in [6.07, 6.45) is 3.64. The second kappa shape index (κ2) is 6.33. The highest BCUT2D eigenvalue weighted by Crippen LogP contribution is 2.09. The van der Waals surface area contributed by atoms with Crippen LogP contribution in [-0.4, -0.2) is 33.4 Å². The predicted molar refractivity (Wildman–Crippen MR) is 74.3 cm³/mol. The van der Waals surface area contributed by atoms with Crippen molar-refractivity contribution in [1.82, 2.24) is 20.3 Å². The van der Waals surface area contributed by atoms with Crippen molar-refractivity contribution in [3.8, 4) is 0 Å². The first-order valence-electron chi connectivity index (χ1n) is 6.52. The summed E-state index contributed by atoms with van der Waals surface area (Å²) in [5.74, 6) is 0.939. The smallest absolute Gasteiger partial charge is 0.239 e. The molecule has 20 heavy (non-hydrogen) atoms. The number of nitrogens with one attached hydrogen (secondary N) is 2. The largest absolute Gasteiger partial charge is 0.360 e. The first-order chi connectivity index (χ1) is 9.56. The average Bonchev–Trinajstić information content (AvgIpc) is 3.07. The zero-order valence-corrected chi connectivity index (χ0v) is 11.8. The molecule has 0 aromatic carbocycles. The Morgan fingerprint density at radius 2 is 2.30 bits per heavy atom. The minimum absolute atomic E-state index is 0.111. The molecule has 0 aliphatic heterocycles. The summed E-state index contributed by atoms with van der Waals surface area (Å²) in [5, 5.41) is 13.7. The fraction of sp³-hybridized carbons (Fsp3) is 0.462. The summed E-state index contributed by atoms with van der Waals surface area (Å²) >= 11 is 0. The average molecular weight is 277 g/mol. The Morgan fingerprint density at radius 3 is 2.90 bits per heavy atom. The predicted octanol–water partition coefficient (Wildman–Crippen LogP) is 1.36. The molecule has 0 saturated heterocycles. The first-order valence-corrected chi connectivity index (χ1v) is 6.52. The van der Waals surface area contributed by atoms with Gasteiger partial charge >= 0.3 is 0 Å². The second-order valence-corrected chi connectivity index (χ2v) is 4.77. The first kappa shape index (κ1) is 14.3. The van der Waals surface area contributed by atoms with Crippen molar-refractivity contribution in [2.75, 3.05) is 11.9 Å². The quantitative estimate of drug-likeness (QED) is 0.832. The molecule has 2 rings (SSSR count). The monoisotopic (exact) mass is 277 g/mol. The van der Waals surface area contributed by atoms with Crippen LogP contribution in [0.15, 0.2) is 29.0 Å². The van der Waals surface area contributed by atoms with Crippen LogP contribution in [0.1, 0.15) is 25.6 Å². The third-order valence-electron chi connectivity index (χ3n) is 3.15. The molecule has 2 heterocycles. The van der Waals surface area contributed by atoms with Crippen LogP contribution >= 0.6 is 0 Å². The highest BCUT2D eigenvalue weighted by molar-refractivity contribution is 5.91. The minimum atomic E-state index is -0.155. The number of hydrogen-bond donors (Lipinski definition) is 2. The van der Waals surface area contributed by atoms with Crippen molar-refractivity contribution in [1.29, 1.82) is 0 Å². The Bertz CT molecular complexity index is 549. The number of carbonyl (C=O) groups excluding carboxylic acids is 1. The van der Waals surface area contributed by atoms with Gasteiger partial charge in [-0.25, -0.2) is 0 Å². The second-order valence-electron chi connectivity index (χ2n) is 4.77. The maximum Gasteiger partial charge on any atom is 0.239 e. The maximum absolute atomic E-state index is 11.8. The van der Waals surface area contributed by atoms with Gasteiger partial charge in [-0.1, -0.05) is 5.16 Å². The van der Waals surface area contributed by atoms with Crippen LogP contribution in [0.2, 0.25) is 0 Å². The van der Waals surface area contributed by atoms with E-state index in [0.29, 0.717) is 11.6 Å². The van der Waals surface area contributed by atoms with Crippen LogP contribution in [0.4, 0.5) is 5.82 Å². The zero-order valence-electron chi connectivity index (χ0n) is 11.8. The molecular formula is C13H19N5O2. The summed E-state index contributed by atoms with van der Waals surface area (Å²) in [4.78, 5) is 11.8. The van der Waals surface area contributed by atoms with Crippen LogP contribution in [-0.2, 0) is 4.79 Å². The van der Waals surface area contributed by atoms with E-state index < -0.39 is 0 Å². The lowest BCUT2D eigenvalue weighted by atomic mass is 10.2. The summed E-state index contributed by atoms with van der Waals surface area (Å²) in [6.45, 7) is 6.04. The fourth-order valence-corrected chi connectivity index (χ4v) is 1.79. The third-order valence-corrected chi connectivity index (χ3v) is 3.15. The molecule has 0 bridgehead atoms. The normalized spacial score (nSPS) is 13.9. The maximum atomic E-state index is 11.8. The van der Waals surface area contributed by atoms with E-state index in [1.807, 2.05) is 30.8 Å². The molecule has 7 heteroatoms. The van der Waals surface area contributed by atoms with Gasteiger partial charge in [-0.05, 0) is 26.8 Å². The number of aryl methyl sites for hydroxylation is 1. The van der Waals surface area contributed by atoms with Crippen LogP contribution in [0.3, 0.4) is 0 Å². The summed E-state index contributed by atoms with van der Waals surface area (Å²) < 4.78 is 6.74. The van der Waals surface area contributed by atoms with Gasteiger partial charge in [-0.2, -0.15) is 5.10 Å². The van der Waals surface area contributed by atoms with E-state index in [4.69, 9.17) is 4.52 Å². The molecule has 7 nitrogen and oxygen atoms in total. The van der Waals surface area contributed by atoms with Crippen molar-refractivity contribution in [2.24, 2.45) is 0 Å². The van der Waals surface area contributed by atoms with Gasteiger partial charge in [0.05, 0.1) is 12.6 Å². The van der Waals surface area contributed by atoms with Gasteiger partial charge in [-0.15, -0.1) is 0 Å². The van der Waals surface area contributed by atoms with Crippen molar-refractivity contribution < 1.29 is 9.32 Å². The molecule has 2 N–H and O–H groups in total. The Hall–Kier alpha value is -2.15. The van der Waals surface area contributed by atoms with Gasteiger partial charge in [-0.3, -0.25) is 9.48 Å². The standard InChI is InChI=1S/C13H19N5O2/c1-9-7-12(17-20-9)16-13(19)8-14-10(2)11(3)18-6-4-5-15-18/h4-7,10-11,14H,8H2,1-3H3,(H,16,17,19)/t10-,11-/m0/s1. The van der Waals surface area contributed by atoms with E-state index in [1.165, 1.54) is 0 Å². The van der Waals surface area contributed by atoms with E-state index in [-0.39, 0.29) is 24.5 Å². The van der Waals surface area contributed by atoms with Gasteiger partial charge in [0, 0.05) is 24.5 Å². The molecule has 1 amide bonds. The highest BCUT2D eigenvalue weighted by atomic mass is 16.5. The van der Waals surface area contributed by atoms with Crippen LogP contribution < -0.4 is 10.6 Å². The Labute approximate surface area is 117 Å². The van der Waals surface area contributed by atoms with Gasteiger partial charge in [0.25, 0.3) is 0 Å². The molecule has 0 fully saturated rings. The molecule has 0 spiro atoms. The Balaban J connectivity index is 1.78. The number of hydrogen-bond acceptors (Lipinski definition) is 5. The number of rotatable bonds is 6. The molecule has 0 aliphatic rings. The topological polar surface area (TPSA) is 85.0 Å². The highest BCUT2D eigenvalue weighted by Gasteiger charge is 2.15. The fourth-order valence-electron chi connectivity index (χ4n) is 1.79. The minimum Gasteiger partial charge on any atom is -0.360 e. The molecule has 2 atom stereocenters. The molecule has 0 radical (unpaired) electrons. The number of amides is 1. The summed E-state index contributed by atoms with van der Waals surface area (Å²) in [5.41, 5.74) is 0. The van der Waals surface area contributed by atoms with E-state index in [2.05, 4.69) is 20.9 Å². The van der Waals surface area contributed by atoms with Crippen molar-refractivity contribution in [2.45, 2.75) is 32.9 Å². The van der Waals surface area contributed by atoms with Gasteiger partial charge in [0.15, 0.2) is 5.82 Å².